The summed E-state index contributed by atoms with van der Waals surface area (Å²) in [6, 6.07) is 6.14. The molecule has 1 aromatic heterocycles. The maximum atomic E-state index is 6.02. The van der Waals surface area contributed by atoms with Crippen molar-refractivity contribution < 1.29 is 4.74 Å². The molecule has 21 heavy (non-hydrogen) atoms. The Morgan fingerprint density at radius 1 is 1.33 bits per heavy atom. The highest BCUT2D eigenvalue weighted by atomic mass is 79.9. The van der Waals surface area contributed by atoms with E-state index in [-0.39, 0.29) is 5.54 Å². The van der Waals surface area contributed by atoms with E-state index in [1.807, 2.05) is 25.3 Å². The average Bonchev–Trinajstić information content (AvgIpc) is 2.80. The van der Waals surface area contributed by atoms with E-state index in [9.17, 15) is 0 Å². The number of para-hydroxylation sites is 1. The Balaban J connectivity index is 2.10. The summed E-state index contributed by atoms with van der Waals surface area (Å²) in [6.45, 7) is 9.81. The molecule has 0 atom stereocenters. The van der Waals surface area contributed by atoms with Crippen LogP contribution in [0.5, 0.6) is 5.75 Å². The molecule has 1 N–H and O–H groups in total. The molecule has 114 valence electrons. The van der Waals surface area contributed by atoms with E-state index in [2.05, 4.69) is 53.1 Å². The van der Waals surface area contributed by atoms with Crippen LogP contribution >= 0.6 is 27.3 Å². The Morgan fingerprint density at radius 3 is 2.71 bits per heavy atom. The van der Waals surface area contributed by atoms with Crippen LogP contribution in [0.15, 0.2) is 28.9 Å². The fourth-order valence-electron chi connectivity index (χ4n) is 1.83. The number of rotatable bonds is 5. The van der Waals surface area contributed by atoms with E-state index in [0.29, 0.717) is 6.61 Å². The van der Waals surface area contributed by atoms with Crippen LogP contribution in [0.3, 0.4) is 0 Å². The highest BCUT2D eigenvalue weighted by molar-refractivity contribution is 9.10. The van der Waals surface area contributed by atoms with Crippen molar-refractivity contribution >= 4 is 27.3 Å². The van der Waals surface area contributed by atoms with Gasteiger partial charge in [-0.1, -0.05) is 12.1 Å². The molecule has 0 saturated heterocycles. The van der Waals surface area contributed by atoms with Crippen molar-refractivity contribution in [3.05, 3.63) is 44.3 Å². The summed E-state index contributed by atoms with van der Waals surface area (Å²) in [5.41, 5.74) is 1.23. The van der Waals surface area contributed by atoms with Crippen molar-refractivity contribution in [3.63, 3.8) is 0 Å². The van der Waals surface area contributed by atoms with Gasteiger partial charge in [0.25, 0.3) is 0 Å². The van der Waals surface area contributed by atoms with Gasteiger partial charge in [0.1, 0.15) is 12.4 Å². The van der Waals surface area contributed by atoms with Gasteiger partial charge in [-0.05, 0) is 49.7 Å². The lowest BCUT2D eigenvalue weighted by Gasteiger charge is -2.22. The molecule has 0 radical (unpaired) electrons. The van der Waals surface area contributed by atoms with Crippen molar-refractivity contribution in [2.45, 2.75) is 46.4 Å². The van der Waals surface area contributed by atoms with Crippen molar-refractivity contribution in [2.24, 2.45) is 0 Å². The van der Waals surface area contributed by atoms with Gasteiger partial charge in [0.2, 0.25) is 0 Å². The van der Waals surface area contributed by atoms with E-state index >= 15 is 0 Å². The van der Waals surface area contributed by atoms with Crippen molar-refractivity contribution in [2.75, 3.05) is 0 Å². The van der Waals surface area contributed by atoms with Crippen molar-refractivity contribution in [1.82, 2.24) is 10.3 Å². The molecule has 1 aromatic carbocycles. The Hall–Kier alpha value is -0.910. The van der Waals surface area contributed by atoms with Crippen LogP contribution in [0.1, 0.15) is 36.2 Å². The van der Waals surface area contributed by atoms with Gasteiger partial charge in [0.05, 0.1) is 14.4 Å². The number of aromatic nitrogens is 1. The van der Waals surface area contributed by atoms with Crippen LogP contribution in [0, 0.1) is 6.92 Å². The van der Waals surface area contributed by atoms with Crippen LogP contribution in [-0.4, -0.2) is 10.5 Å². The summed E-state index contributed by atoms with van der Waals surface area (Å²) in [5.74, 6) is 0.903. The summed E-state index contributed by atoms with van der Waals surface area (Å²) in [5, 5.41) is 4.56. The molecule has 0 aliphatic rings. The molecule has 0 saturated carbocycles. The van der Waals surface area contributed by atoms with Gasteiger partial charge in [-0.3, -0.25) is 0 Å². The minimum atomic E-state index is 0.0777. The molecule has 0 aliphatic heterocycles. The van der Waals surface area contributed by atoms with Crippen LogP contribution in [-0.2, 0) is 13.2 Å². The molecule has 3 nitrogen and oxygen atoms in total. The topological polar surface area (TPSA) is 34.1 Å². The van der Waals surface area contributed by atoms with E-state index in [1.165, 1.54) is 0 Å². The lowest BCUT2D eigenvalue weighted by Crippen LogP contribution is -2.35. The predicted molar refractivity (Wildman–Crippen MR) is 91.9 cm³/mol. The van der Waals surface area contributed by atoms with Crippen LogP contribution in [0.4, 0.5) is 0 Å². The Kier molecular flexibility index (Phi) is 5.41. The summed E-state index contributed by atoms with van der Waals surface area (Å²) in [7, 11) is 0. The quantitative estimate of drug-likeness (QED) is 0.831. The van der Waals surface area contributed by atoms with Gasteiger partial charge in [-0.2, -0.15) is 0 Å². The van der Waals surface area contributed by atoms with E-state index < -0.39 is 0 Å². The fourth-order valence-corrected chi connectivity index (χ4v) is 3.06. The average molecular weight is 369 g/mol. The summed E-state index contributed by atoms with van der Waals surface area (Å²) in [4.78, 5) is 5.39. The first kappa shape index (κ1) is 16.5. The number of benzene rings is 1. The number of thiazole rings is 1. The maximum Gasteiger partial charge on any atom is 0.138 e. The minimum Gasteiger partial charge on any atom is -0.486 e. The second-order valence-corrected chi connectivity index (χ2v) is 8.14. The summed E-state index contributed by atoms with van der Waals surface area (Å²) in [6.07, 6.45) is 1.88. The molecule has 1 heterocycles. The minimum absolute atomic E-state index is 0.0777. The van der Waals surface area contributed by atoms with Gasteiger partial charge >= 0.3 is 0 Å². The number of aryl methyl sites for hydroxylation is 1. The number of halogens is 1. The van der Waals surface area contributed by atoms with Gasteiger partial charge in [0, 0.05) is 23.8 Å². The molecule has 0 spiro atoms. The second-order valence-electron chi connectivity index (χ2n) is 5.97. The first-order valence-electron chi connectivity index (χ1n) is 6.92. The fraction of sp³-hybridized carbons (Fsp3) is 0.438. The third kappa shape index (κ3) is 5.09. The van der Waals surface area contributed by atoms with Crippen LogP contribution < -0.4 is 10.1 Å². The highest BCUT2D eigenvalue weighted by Crippen LogP contribution is 2.30. The smallest absolute Gasteiger partial charge is 0.138 e. The Morgan fingerprint density at radius 2 is 2.10 bits per heavy atom. The first-order chi connectivity index (χ1) is 9.85. The molecule has 0 unspecified atom stereocenters. The third-order valence-corrected chi connectivity index (χ3v) is 4.40. The maximum absolute atomic E-state index is 6.02. The molecule has 2 rings (SSSR count). The Labute approximate surface area is 138 Å². The second kappa shape index (κ2) is 6.90. The molecule has 0 fully saturated rings. The standard InChI is InChI=1S/C16H21BrN2OS/c1-11-18-9-13(21-11)10-20-15-12(6-5-7-14(15)17)8-19-16(2,3)4/h5-7,9,19H,8,10H2,1-4H3. The van der Waals surface area contributed by atoms with E-state index in [0.717, 1.165) is 32.2 Å². The van der Waals surface area contributed by atoms with Crippen LogP contribution in [0.2, 0.25) is 0 Å². The SMILES string of the molecule is Cc1ncc(COc2c(Br)cccc2CNC(C)(C)C)s1. The molecule has 2 aromatic rings. The monoisotopic (exact) mass is 368 g/mol. The zero-order valence-electron chi connectivity index (χ0n) is 12.9. The van der Waals surface area contributed by atoms with Crippen molar-refractivity contribution in [3.8, 4) is 5.75 Å². The predicted octanol–water partition coefficient (Wildman–Crippen LogP) is 4.68. The number of hydrogen-bond acceptors (Lipinski definition) is 4. The highest BCUT2D eigenvalue weighted by Gasteiger charge is 2.13. The van der Waals surface area contributed by atoms with E-state index in [1.54, 1.807) is 11.3 Å². The van der Waals surface area contributed by atoms with Gasteiger partial charge in [-0.25, -0.2) is 4.98 Å². The lowest BCUT2D eigenvalue weighted by atomic mass is 10.1. The van der Waals surface area contributed by atoms with Gasteiger partial charge < -0.3 is 10.1 Å². The zero-order chi connectivity index (χ0) is 15.5. The molecule has 0 aliphatic carbocycles. The third-order valence-electron chi connectivity index (χ3n) is 2.89. The molecular formula is C16H21BrN2OS. The Bertz CT molecular complexity index is 605. The summed E-state index contributed by atoms with van der Waals surface area (Å²) >= 11 is 5.25. The van der Waals surface area contributed by atoms with Gasteiger partial charge in [0.15, 0.2) is 0 Å². The lowest BCUT2D eigenvalue weighted by molar-refractivity contribution is 0.301. The molecule has 0 bridgehead atoms. The number of ether oxygens (including phenoxy) is 1. The number of nitrogens with one attached hydrogen (secondary N) is 1. The first-order valence-corrected chi connectivity index (χ1v) is 8.52. The van der Waals surface area contributed by atoms with E-state index in [4.69, 9.17) is 4.74 Å². The van der Waals surface area contributed by atoms with Crippen molar-refractivity contribution in [1.29, 1.82) is 0 Å². The number of hydrogen-bond donors (Lipinski definition) is 1. The number of nitrogens with zero attached hydrogens (tertiary/aromatic N) is 1. The largest absolute Gasteiger partial charge is 0.486 e. The normalized spacial score (nSPS) is 11.7. The molecule has 5 heteroatoms. The van der Waals surface area contributed by atoms with Crippen LogP contribution in [0.25, 0.3) is 0 Å². The molecular weight excluding hydrogens is 348 g/mol. The molecule has 0 amide bonds. The zero-order valence-corrected chi connectivity index (χ0v) is 15.3. The van der Waals surface area contributed by atoms with Gasteiger partial charge in [-0.15, -0.1) is 11.3 Å². The summed E-state index contributed by atoms with van der Waals surface area (Å²) < 4.78 is 7.00.